The first-order valence-electron chi connectivity index (χ1n) is 8.06. The Hall–Kier alpha value is -2.90. The monoisotopic (exact) mass is 379 g/mol. The van der Waals surface area contributed by atoms with E-state index in [9.17, 15) is 5.11 Å². The van der Waals surface area contributed by atoms with Crippen molar-refractivity contribution in [2.75, 3.05) is 0 Å². The summed E-state index contributed by atoms with van der Waals surface area (Å²) in [5, 5.41) is 10.1. The third-order valence-corrected chi connectivity index (χ3v) is 4.02. The van der Waals surface area contributed by atoms with E-state index in [1.54, 1.807) is 12.3 Å². The van der Waals surface area contributed by atoms with Crippen LogP contribution in [0.4, 0.5) is 0 Å². The van der Waals surface area contributed by atoms with Gasteiger partial charge in [0, 0.05) is 11.9 Å². The summed E-state index contributed by atoms with van der Waals surface area (Å²) in [6.07, 6.45) is 1.78. The van der Waals surface area contributed by atoms with Gasteiger partial charge in [-0.2, -0.15) is 35.4 Å². The van der Waals surface area contributed by atoms with Gasteiger partial charge in [-0.25, -0.2) is 0 Å². The SMILES string of the molecule is Oc1ccccc1-c1[c-]c(-c2[c-]c(-c3ccccn3)ccc2)ccc1.[Ni+2]. The molecule has 3 aromatic carbocycles. The maximum absolute atomic E-state index is 10.1. The van der Waals surface area contributed by atoms with Crippen molar-refractivity contribution in [3.8, 4) is 39.3 Å². The Bertz CT molecular complexity index is 1020. The molecule has 1 N–H and O–H groups in total. The Labute approximate surface area is 163 Å². The van der Waals surface area contributed by atoms with E-state index in [0.717, 1.165) is 33.5 Å². The molecule has 0 bridgehead atoms. The molecule has 2 nitrogen and oxygen atoms in total. The molecule has 4 rings (SSSR count). The van der Waals surface area contributed by atoms with Crippen molar-refractivity contribution in [3.05, 3.63) is 97.2 Å². The minimum Gasteiger partial charge on any atom is -0.515 e. The van der Waals surface area contributed by atoms with Crippen molar-refractivity contribution in [3.63, 3.8) is 0 Å². The topological polar surface area (TPSA) is 33.1 Å². The second kappa shape index (κ2) is 7.99. The normalized spacial score (nSPS) is 10.2. The molecule has 26 heavy (non-hydrogen) atoms. The van der Waals surface area contributed by atoms with Gasteiger partial charge in [-0.15, -0.1) is 35.4 Å². The van der Waals surface area contributed by atoms with Crippen LogP contribution >= 0.6 is 0 Å². The van der Waals surface area contributed by atoms with Gasteiger partial charge in [-0.1, -0.05) is 30.3 Å². The van der Waals surface area contributed by atoms with Crippen LogP contribution in [0.15, 0.2) is 85.1 Å². The maximum Gasteiger partial charge on any atom is 2.00 e. The van der Waals surface area contributed by atoms with E-state index >= 15 is 0 Å². The van der Waals surface area contributed by atoms with Gasteiger partial charge in [0.15, 0.2) is 0 Å². The molecule has 0 atom stereocenters. The molecule has 1 aromatic heterocycles. The third-order valence-electron chi connectivity index (χ3n) is 4.02. The molecule has 0 fully saturated rings. The van der Waals surface area contributed by atoms with E-state index in [1.807, 2.05) is 72.8 Å². The van der Waals surface area contributed by atoms with Gasteiger partial charge in [0.1, 0.15) is 0 Å². The zero-order valence-corrected chi connectivity index (χ0v) is 14.8. The van der Waals surface area contributed by atoms with Crippen LogP contribution in [0.25, 0.3) is 33.5 Å². The number of rotatable bonds is 3. The third kappa shape index (κ3) is 3.69. The molecule has 0 radical (unpaired) electrons. The van der Waals surface area contributed by atoms with E-state index in [2.05, 4.69) is 17.1 Å². The Morgan fingerprint density at radius 2 is 1.23 bits per heavy atom. The molecule has 0 amide bonds. The Morgan fingerprint density at radius 3 is 1.92 bits per heavy atom. The van der Waals surface area contributed by atoms with Gasteiger partial charge >= 0.3 is 16.5 Å². The number of aromatic nitrogens is 1. The van der Waals surface area contributed by atoms with Gasteiger partial charge in [-0.05, 0) is 17.7 Å². The second-order valence-corrected chi connectivity index (χ2v) is 5.69. The summed E-state index contributed by atoms with van der Waals surface area (Å²) in [7, 11) is 0. The number of hydrogen-bond donors (Lipinski definition) is 1. The maximum atomic E-state index is 10.1. The molecule has 0 aliphatic heterocycles. The summed E-state index contributed by atoms with van der Waals surface area (Å²) >= 11 is 0. The Balaban J connectivity index is 0.00000196. The van der Waals surface area contributed by atoms with Gasteiger partial charge in [0.25, 0.3) is 0 Å². The number of benzene rings is 3. The first kappa shape index (κ1) is 17.9. The summed E-state index contributed by atoms with van der Waals surface area (Å²) in [5.41, 5.74) is 5.33. The first-order chi connectivity index (χ1) is 12.3. The van der Waals surface area contributed by atoms with Crippen molar-refractivity contribution < 1.29 is 21.6 Å². The molecule has 0 aliphatic carbocycles. The fourth-order valence-corrected chi connectivity index (χ4v) is 2.78. The molecular formula is C23H15NNiO. The summed E-state index contributed by atoms with van der Waals surface area (Å²) in [6, 6.07) is 31.8. The Morgan fingerprint density at radius 1 is 0.615 bits per heavy atom. The number of phenols is 1. The predicted octanol–water partition coefficient (Wildman–Crippen LogP) is 5.39. The molecule has 4 aromatic rings. The van der Waals surface area contributed by atoms with Crippen LogP contribution in [0.3, 0.4) is 0 Å². The standard InChI is InChI=1S/C23H15NO.Ni/c25-23-13-2-1-11-21(23)19-9-5-7-17(15-19)18-8-6-10-20(16-18)22-12-3-4-14-24-22;/h1-14,25H;/q-2;+2. The molecule has 0 saturated heterocycles. The van der Waals surface area contributed by atoms with E-state index < -0.39 is 0 Å². The molecule has 3 heteroatoms. The van der Waals surface area contributed by atoms with Crippen molar-refractivity contribution >= 4 is 0 Å². The van der Waals surface area contributed by atoms with Crippen LogP contribution in [-0.4, -0.2) is 10.1 Å². The fraction of sp³-hybridized carbons (Fsp3) is 0. The molecule has 0 unspecified atom stereocenters. The van der Waals surface area contributed by atoms with Crippen molar-refractivity contribution in [2.45, 2.75) is 0 Å². The minimum absolute atomic E-state index is 0. The van der Waals surface area contributed by atoms with E-state index in [-0.39, 0.29) is 22.2 Å². The van der Waals surface area contributed by atoms with Crippen LogP contribution in [0, 0.1) is 12.1 Å². The minimum atomic E-state index is 0. The van der Waals surface area contributed by atoms with Gasteiger partial charge < -0.3 is 5.11 Å². The number of para-hydroxylation sites is 1. The van der Waals surface area contributed by atoms with E-state index in [1.165, 1.54) is 0 Å². The predicted molar refractivity (Wildman–Crippen MR) is 99.9 cm³/mol. The smallest absolute Gasteiger partial charge is 0.515 e. The molecule has 128 valence electrons. The summed E-state index contributed by atoms with van der Waals surface area (Å²) in [5.74, 6) is 0.252. The average molecular weight is 380 g/mol. The quantitative estimate of drug-likeness (QED) is 0.382. The fourth-order valence-electron chi connectivity index (χ4n) is 2.78. The Kier molecular flexibility index (Phi) is 5.50. The molecular weight excluding hydrogens is 365 g/mol. The van der Waals surface area contributed by atoms with Crippen LogP contribution in [0.2, 0.25) is 0 Å². The number of pyridine rings is 1. The van der Waals surface area contributed by atoms with Crippen LogP contribution in [0.5, 0.6) is 5.75 Å². The summed E-state index contributed by atoms with van der Waals surface area (Å²) < 4.78 is 0. The van der Waals surface area contributed by atoms with Crippen LogP contribution in [0.1, 0.15) is 0 Å². The van der Waals surface area contributed by atoms with Crippen LogP contribution in [-0.2, 0) is 16.5 Å². The molecule has 0 aliphatic rings. The molecule has 0 spiro atoms. The number of nitrogens with zero attached hydrogens (tertiary/aromatic N) is 1. The van der Waals surface area contributed by atoms with E-state index in [4.69, 9.17) is 0 Å². The second-order valence-electron chi connectivity index (χ2n) is 5.69. The summed E-state index contributed by atoms with van der Waals surface area (Å²) in [4.78, 5) is 4.39. The van der Waals surface area contributed by atoms with Gasteiger partial charge in [-0.3, -0.25) is 4.98 Å². The average Bonchev–Trinajstić information content (AvgIpc) is 2.69. The zero-order chi connectivity index (χ0) is 17.1. The van der Waals surface area contributed by atoms with Crippen molar-refractivity contribution in [1.29, 1.82) is 0 Å². The number of phenolic OH excluding ortho intramolecular Hbond substituents is 1. The van der Waals surface area contributed by atoms with Crippen molar-refractivity contribution in [1.82, 2.24) is 4.98 Å². The summed E-state index contributed by atoms with van der Waals surface area (Å²) in [6.45, 7) is 0. The van der Waals surface area contributed by atoms with Crippen LogP contribution < -0.4 is 0 Å². The first-order valence-corrected chi connectivity index (χ1v) is 8.06. The molecule has 0 saturated carbocycles. The van der Waals surface area contributed by atoms with Crippen molar-refractivity contribution in [2.24, 2.45) is 0 Å². The number of aromatic hydroxyl groups is 1. The van der Waals surface area contributed by atoms with Gasteiger partial charge in [0.05, 0.1) is 5.75 Å². The van der Waals surface area contributed by atoms with E-state index in [0.29, 0.717) is 0 Å². The van der Waals surface area contributed by atoms with Gasteiger partial charge in [0.2, 0.25) is 0 Å². The zero-order valence-electron chi connectivity index (χ0n) is 13.8. The number of hydrogen-bond acceptors (Lipinski definition) is 2. The molecule has 1 heterocycles. The largest absolute Gasteiger partial charge is 2.00 e.